The van der Waals surface area contributed by atoms with Crippen molar-refractivity contribution in [3.63, 3.8) is 0 Å². The van der Waals surface area contributed by atoms with E-state index in [1.54, 1.807) is 24.1 Å². The summed E-state index contributed by atoms with van der Waals surface area (Å²) in [6, 6.07) is 0. The Bertz CT molecular complexity index is 395. The third kappa shape index (κ3) is 4.40. The minimum Gasteiger partial charge on any atom is -0.485 e. The van der Waals surface area contributed by atoms with E-state index in [4.69, 9.17) is 16.3 Å². The lowest BCUT2D eigenvalue weighted by atomic mass is 10.3. The van der Waals surface area contributed by atoms with E-state index in [2.05, 4.69) is 15.9 Å². The Labute approximate surface area is 113 Å². The number of nitrogens with zero attached hydrogens (tertiary/aromatic N) is 2. The van der Waals surface area contributed by atoms with Crippen LogP contribution in [0.4, 0.5) is 0 Å². The number of allylic oxidation sites excluding steroid dienone is 1. The number of likely N-dealkylation sites (N-methyl/N-ethyl adjacent to an activating group) is 1. The highest BCUT2D eigenvalue weighted by molar-refractivity contribution is 9.11. The first-order chi connectivity index (χ1) is 7.90. The molecule has 1 heterocycles. The van der Waals surface area contributed by atoms with Crippen LogP contribution in [0.15, 0.2) is 34.8 Å². The number of nitro groups is 1. The van der Waals surface area contributed by atoms with Crippen molar-refractivity contribution in [2.45, 2.75) is 18.5 Å². The normalized spacial score (nSPS) is 22.1. The summed E-state index contributed by atoms with van der Waals surface area (Å²) in [7, 11) is 1.81. The molecule has 17 heavy (non-hydrogen) atoms. The summed E-state index contributed by atoms with van der Waals surface area (Å²) < 4.78 is 6.28. The standard InChI is InChI=1S/C10H12BrClN2O3/c1-7(3-4-14(15)16)17-8-5-9(11)10(12)13(2)6-8/h3-7,10H,1-2H3. The maximum Gasteiger partial charge on any atom is 0.234 e. The molecule has 94 valence electrons. The fraction of sp³-hybridized carbons (Fsp3) is 0.400. The molecular formula is C10H12BrClN2O3. The molecule has 2 unspecified atom stereocenters. The Morgan fingerprint density at radius 3 is 2.94 bits per heavy atom. The fourth-order valence-corrected chi connectivity index (χ4v) is 1.88. The number of halogens is 2. The van der Waals surface area contributed by atoms with Gasteiger partial charge in [-0.3, -0.25) is 10.1 Å². The van der Waals surface area contributed by atoms with E-state index >= 15 is 0 Å². The second kappa shape index (κ2) is 6.07. The first-order valence-electron chi connectivity index (χ1n) is 4.83. The zero-order valence-corrected chi connectivity index (χ0v) is 11.7. The van der Waals surface area contributed by atoms with E-state index in [1.165, 1.54) is 6.08 Å². The largest absolute Gasteiger partial charge is 0.485 e. The van der Waals surface area contributed by atoms with Crippen molar-refractivity contribution in [3.05, 3.63) is 44.9 Å². The van der Waals surface area contributed by atoms with Crippen LogP contribution >= 0.6 is 27.5 Å². The molecular weight excluding hydrogens is 311 g/mol. The molecule has 1 rings (SSSR count). The van der Waals surface area contributed by atoms with Gasteiger partial charge in [-0.15, -0.1) is 0 Å². The van der Waals surface area contributed by atoms with Gasteiger partial charge < -0.3 is 9.64 Å². The predicted molar refractivity (Wildman–Crippen MR) is 69.2 cm³/mol. The van der Waals surface area contributed by atoms with Gasteiger partial charge in [-0.05, 0) is 13.0 Å². The van der Waals surface area contributed by atoms with E-state index in [9.17, 15) is 10.1 Å². The van der Waals surface area contributed by atoms with Crippen molar-refractivity contribution in [2.24, 2.45) is 0 Å². The molecule has 0 aromatic heterocycles. The van der Waals surface area contributed by atoms with Gasteiger partial charge in [-0.1, -0.05) is 27.5 Å². The summed E-state index contributed by atoms with van der Waals surface area (Å²) in [6.07, 6.45) is 5.33. The van der Waals surface area contributed by atoms with E-state index in [-0.39, 0.29) is 11.6 Å². The van der Waals surface area contributed by atoms with Gasteiger partial charge in [0.25, 0.3) is 0 Å². The third-order valence-electron chi connectivity index (χ3n) is 2.00. The monoisotopic (exact) mass is 322 g/mol. The maximum absolute atomic E-state index is 10.1. The molecule has 0 amide bonds. The number of ether oxygens (including phenoxy) is 1. The SMILES string of the molecule is CC(C=C[N+](=O)[O-])OC1=CN(C)C(Cl)C(Br)=C1. The highest BCUT2D eigenvalue weighted by atomic mass is 79.9. The molecule has 2 atom stereocenters. The summed E-state index contributed by atoms with van der Waals surface area (Å²) in [4.78, 5) is 11.4. The molecule has 1 aliphatic heterocycles. The van der Waals surface area contributed by atoms with Crippen LogP contribution in [0, 0.1) is 10.1 Å². The molecule has 0 aromatic carbocycles. The molecule has 1 aliphatic rings. The van der Waals surface area contributed by atoms with Crippen molar-refractivity contribution in [1.82, 2.24) is 4.90 Å². The fourth-order valence-electron chi connectivity index (χ4n) is 1.21. The zero-order chi connectivity index (χ0) is 13.0. The minimum atomic E-state index is -0.526. The Morgan fingerprint density at radius 2 is 2.41 bits per heavy atom. The molecule has 7 heteroatoms. The van der Waals surface area contributed by atoms with Gasteiger partial charge in [0.2, 0.25) is 6.20 Å². The van der Waals surface area contributed by atoms with Gasteiger partial charge in [0.05, 0.1) is 4.92 Å². The van der Waals surface area contributed by atoms with Crippen LogP contribution in [-0.2, 0) is 4.74 Å². The maximum atomic E-state index is 10.1. The molecule has 0 aromatic rings. The Kier molecular flexibility index (Phi) is 5.02. The first kappa shape index (κ1) is 14.1. The molecule has 0 fully saturated rings. The number of rotatable bonds is 4. The molecule has 0 saturated heterocycles. The lowest BCUT2D eigenvalue weighted by molar-refractivity contribution is -0.402. The quantitative estimate of drug-likeness (QED) is 0.345. The molecule has 0 radical (unpaired) electrons. The predicted octanol–water partition coefficient (Wildman–Crippen LogP) is 2.81. The minimum absolute atomic E-state index is 0.257. The lowest BCUT2D eigenvalue weighted by Gasteiger charge is -2.26. The van der Waals surface area contributed by atoms with E-state index < -0.39 is 4.92 Å². The third-order valence-corrected chi connectivity index (χ3v) is 3.47. The highest BCUT2D eigenvalue weighted by Crippen LogP contribution is 2.27. The molecule has 0 bridgehead atoms. The van der Waals surface area contributed by atoms with Crippen molar-refractivity contribution in [3.8, 4) is 0 Å². The van der Waals surface area contributed by atoms with Crippen LogP contribution in [-0.4, -0.2) is 28.5 Å². The van der Waals surface area contributed by atoms with Gasteiger partial charge in [-0.2, -0.15) is 0 Å². The average molecular weight is 324 g/mol. The summed E-state index contributed by atoms with van der Waals surface area (Å²) in [5.74, 6) is 0.594. The lowest BCUT2D eigenvalue weighted by Crippen LogP contribution is -2.25. The van der Waals surface area contributed by atoms with Gasteiger partial charge in [0.15, 0.2) is 0 Å². The Morgan fingerprint density at radius 1 is 1.76 bits per heavy atom. The van der Waals surface area contributed by atoms with Crippen LogP contribution in [0.1, 0.15) is 6.92 Å². The van der Waals surface area contributed by atoms with Crippen LogP contribution < -0.4 is 0 Å². The zero-order valence-electron chi connectivity index (χ0n) is 9.34. The van der Waals surface area contributed by atoms with Crippen molar-refractivity contribution in [2.75, 3.05) is 7.05 Å². The van der Waals surface area contributed by atoms with Crippen molar-refractivity contribution >= 4 is 27.5 Å². The molecule has 0 N–H and O–H groups in total. The number of alkyl halides is 1. The smallest absolute Gasteiger partial charge is 0.234 e. The number of hydrogen-bond acceptors (Lipinski definition) is 4. The summed E-state index contributed by atoms with van der Waals surface area (Å²) in [5, 5.41) is 10.1. The second-order valence-electron chi connectivity index (χ2n) is 3.51. The molecule has 0 spiro atoms. The van der Waals surface area contributed by atoms with Crippen molar-refractivity contribution < 1.29 is 9.66 Å². The van der Waals surface area contributed by atoms with Crippen LogP contribution in [0.2, 0.25) is 0 Å². The molecule has 0 saturated carbocycles. The van der Waals surface area contributed by atoms with Gasteiger partial charge >= 0.3 is 0 Å². The summed E-state index contributed by atoms with van der Waals surface area (Å²) in [5.41, 5.74) is -0.257. The molecule has 5 nitrogen and oxygen atoms in total. The first-order valence-corrected chi connectivity index (χ1v) is 6.06. The van der Waals surface area contributed by atoms with E-state index in [1.807, 2.05) is 7.05 Å². The topological polar surface area (TPSA) is 55.6 Å². The van der Waals surface area contributed by atoms with Gasteiger partial charge in [0, 0.05) is 23.8 Å². The van der Waals surface area contributed by atoms with Gasteiger partial charge in [-0.25, -0.2) is 0 Å². The average Bonchev–Trinajstić information content (AvgIpc) is 2.23. The van der Waals surface area contributed by atoms with Gasteiger partial charge in [0.1, 0.15) is 17.4 Å². The summed E-state index contributed by atoms with van der Waals surface area (Å²) in [6.45, 7) is 1.72. The number of hydrogen-bond donors (Lipinski definition) is 0. The van der Waals surface area contributed by atoms with E-state index in [0.717, 1.165) is 10.7 Å². The van der Waals surface area contributed by atoms with Crippen LogP contribution in [0.5, 0.6) is 0 Å². The van der Waals surface area contributed by atoms with Crippen molar-refractivity contribution in [1.29, 1.82) is 0 Å². The Hall–Kier alpha value is -1.01. The van der Waals surface area contributed by atoms with Crippen LogP contribution in [0.25, 0.3) is 0 Å². The Balaban J connectivity index is 2.64. The van der Waals surface area contributed by atoms with Crippen LogP contribution in [0.3, 0.4) is 0 Å². The summed E-state index contributed by atoms with van der Waals surface area (Å²) >= 11 is 9.36. The second-order valence-corrected chi connectivity index (χ2v) is 4.84. The van der Waals surface area contributed by atoms with E-state index in [0.29, 0.717) is 5.76 Å². The highest BCUT2D eigenvalue weighted by Gasteiger charge is 2.19. The molecule has 0 aliphatic carbocycles.